The number of carbonyl (C=O) groups is 1. The third-order valence-corrected chi connectivity index (χ3v) is 5.72. The molecule has 0 saturated heterocycles. The van der Waals surface area contributed by atoms with Gasteiger partial charge in [-0.2, -0.15) is 0 Å². The summed E-state index contributed by atoms with van der Waals surface area (Å²) in [4.78, 5) is 17.5. The minimum absolute atomic E-state index is 0.179. The Balaban J connectivity index is 1.58. The topological polar surface area (TPSA) is 32.8 Å². The quantitative estimate of drug-likeness (QED) is 0.680. The highest BCUT2D eigenvalue weighted by Gasteiger charge is 2.25. The summed E-state index contributed by atoms with van der Waals surface area (Å²) < 4.78 is 5.30. The van der Waals surface area contributed by atoms with Crippen LogP contribution in [-0.4, -0.2) is 38.1 Å². The van der Waals surface area contributed by atoms with Crippen LogP contribution in [0.2, 0.25) is 0 Å². The average molecular weight is 374 g/mol. The number of nitrogens with zero attached hydrogens (tertiary/aromatic N) is 2. The Kier molecular flexibility index (Phi) is 4.95. The highest BCUT2D eigenvalue weighted by molar-refractivity contribution is 5.88. The van der Waals surface area contributed by atoms with Gasteiger partial charge in [-0.15, -0.1) is 0 Å². The number of ether oxygens (including phenoxy) is 1. The van der Waals surface area contributed by atoms with Gasteiger partial charge in [0.25, 0.3) is 0 Å². The van der Waals surface area contributed by atoms with Gasteiger partial charge in [-0.3, -0.25) is 4.79 Å². The summed E-state index contributed by atoms with van der Waals surface area (Å²) >= 11 is 0. The molecule has 3 aromatic rings. The Morgan fingerprint density at radius 1 is 1.00 bits per heavy atom. The van der Waals surface area contributed by atoms with Crippen LogP contribution in [0, 0.1) is 0 Å². The van der Waals surface area contributed by atoms with Crippen molar-refractivity contribution in [2.24, 2.45) is 0 Å². The molecule has 1 aliphatic heterocycles. The fourth-order valence-corrected chi connectivity index (χ4v) is 3.94. The summed E-state index contributed by atoms with van der Waals surface area (Å²) in [6.45, 7) is 4.24. The second-order valence-electron chi connectivity index (χ2n) is 7.50. The molecule has 0 unspecified atom stereocenters. The predicted octanol–water partition coefficient (Wildman–Crippen LogP) is 4.43. The number of carbonyl (C=O) groups excluding carboxylic acids is 1. The number of hydrogen-bond donors (Lipinski definition) is 0. The fourth-order valence-electron chi connectivity index (χ4n) is 3.94. The third kappa shape index (κ3) is 3.42. The minimum Gasteiger partial charge on any atom is -0.497 e. The molecule has 0 fully saturated rings. The van der Waals surface area contributed by atoms with Gasteiger partial charge in [-0.05, 0) is 47.0 Å². The smallest absolute Gasteiger partial charge is 0.230 e. The Hall–Kier alpha value is -3.01. The zero-order chi connectivity index (χ0) is 19.7. The fraction of sp³-hybridized carbons (Fsp3) is 0.292. The molecule has 1 aliphatic rings. The van der Waals surface area contributed by atoms with Crippen molar-refractivity contribution in [1.82, 2.24) is 4.90 Å². The molecule has 0 aliphatic carbocycles. The second-order valence-corrected chi connectivity index (χ2v) is 7.50. The summed E-state index contributed by atoms with van der Waals surface area (Å²) in [5, 5.41) is 2.24. The van der Waals surface area contributed by atoms with Crippen molar-refractivity contribution in [3.8, 4) is 5.75 Å². The van der Waals surface area contributed by atoms with Crippen LogP contribution in [0.3, 0.4) is 0 Å². The van der Waals surface area contributed by atoms with E-state index in [-0.39, 0.29) is 11.8 Å². The van der Waals surface area contributed by atoms with Gasteiger partial charge in [0, 0.05) is 32.4 Å². The molecule has 28 heavy (non-hydrogen) atoms. The minimum atomic E-state index is -0.179. The van der Waals surface area contributed by atoms with Gasteiger partial charge in [0.1, 0.15) is 5.75 Å². The summed E-state index contributed by atoms with van der Waals surface area (Å²) in [6.07, 6.45) is 0. The maximum absolute atomic E-state index is 13.3. The molecule has 4 rings (SSSR count). The number of fused-ring (bicyclic) bond motifs is 2. The zero-order valence-corrected chi connectivity index (χ0v) is 16.7. The SMILES string of the molecule is COc1ccc2cc([C@H](C)C(=O)N3CCN(C)c4ccccc4C3)ccc2c1. The van der Waals surface area contributed by atoms with Gasteiger partial charge in [0.2, 0.25) is 5.91 Å². The largest absolute Gasteiger partial charge is 0.497 e. The van der Waals surface area contributed by atoms with Gasteiger partial charge in [0.15, 0.2) is 0 Å². The van der Waals surface area contributed by atoms with Crippen molar-refractivity contribution < 1.29 is 9.53 Å². The number of methoxy groups -OCH3 is 1. The molecule has 0 bridgehead atoms. The second kappa shape index (κ2) is 7.55. The average Bonchev–Trinajstić information content (AvgIpc) is 2.91. The molecule has 4 heteroatoms. The first-order valence-corrected chi connectivity index (χ1v) is 9.72. The van der Waals surface area contributed by atoms with Crippen molar-refractivity contribution in [3.63, 3.8) is 0 Å². The highest BCUT2D eigenvalue weighted by Crippen LogP contribution is 2.28. The van der Waals surface area contributed by atoms with E-state index in [0.717, 1.165) is 35.2 Å². The number of likely N-dealkylation sites (N-methyl/N-ethyl adjacent to an activating group) is 1. The Morgan fingerprint density at radius 3 is 2.57 bits per heavy atom. The van der Waals surface area contributed by atoms with E-state index >= 15 is 0 Å². The molecule has 0 saturated carbocycles. The first kappa shape index (κ1) is 18.4. The molecular formula is C24H26N2O2. The molecule has 0 aromatic heterocycles. The van der Waals surface area contributed by atoms with Crippen LogP contribution >= 0.6 is 0 Å². The summed E-state index contributed by atoms with van der Waals surface area (Å²) in [5.41, 5.74) is 3.47. The first-order valence-electron chi connectivity index (χ1n) is 9.72. The van der Waals surface area contributed by atoms with Crippen molar-refractivity contribution in [1.29, 1.82) is 0 Å². The summed E-state index contributed by atoms with van der Waals surface area (Å²) in [5.74, 6) is 0.844. The number of benzene rings is 3. The number of para-hydroxylation sites is 1. The molecule has 1 amide bonds. The van der Waals surface area contributed by atoms with Crippen LogP contribution in [0.4, 0.5) is 5.69 Å². The van der Waals surface area contributed by atoms with Crippen LogP contribution < -0.4 is 9.64 Å². The monoisotopic (exact) mass is 374 g/mol. The highest BCUT2D eigenvalue weighted by atomic mass is 16.5. The molecule has 0 radical (unpaired) electrons. The molecule has 144 valence electrons. The standard InChI is InChI=1S/C24H26N2O2/c1-17(18-8-9-20-15-22(28-3)11-10-19(20)14-18)24(27)26-13-12-25(2)23-7-5-4-6-21(23)16-26/h4-11,14-15,17H,12-13,16H2,1-3H3/t17-/m0/s1. The van der Waals surface area contributed by atoms with Gasteiger partial charge >= 0.3 is 0 Å². The van der Waals surface area contributed by atoms with E-state index in [4.69, 9.17) is 4.74 Å². The van der Waals surface area contributed by atoms with Crippen molar-refractivity contribution >= 4 is 22.4 Å². The zero-order valence-electron chi connectivity index (χ0n) is 16.7. The van der Waals surface area contributed by atoms with E-state index in [2.05, 4.69) is 48.3 Å². The first-order chi connectivity index (χ1) is 13.6. The Labute approximate surface area is 166 Å². The van der Waals surface area contributed by atoms with Crippen molar-refractivity contribution in [2.45, 2.75) is 19.4 Å². The number of amides is 1. The maximum Gasteiger partial charge on any atom is 0.230 e. The lowest BCUT2D eigenvalue weighted by atomic mass is 9.96. The van der Waals surface area contributed by atoms with Crippen LogP contribution in [0.25, 0.3) is 10.8 Å². The van der Waals surface area contributed by atoms with Gasteiger partial charge in [-0.1, -0.05) is 42.5 Å². The third-order valence-electron chi connectivity index (χ3n) is 5.72. The van der Waals surface area contributed by atoms with E-state index in [1.807, 2.05) is 36.1 Å². The number of rotatable bonds is 3. The summed E-state index contributed by atoms with van der Waals surface area (Å²) in [6, 6.07) is 20.6. The molecule has 0 N–H and O–H groups in total. The van der Waals surface area contributed by atoms with Crippen LogP contribution in [0.5, 0.6) is 5.75 Å². The van der Waals surface area contributed by atoms with Gasteiger partial charge in [0.05, 0.1) is 13.0 Å². The molecule has 1 atom stereocenters. The maximum atomic E-state index is 13.3. The van der Waals surface area contributed by atoms with E-state index in [1.54, 1.807) is 7.11 Å². The van der Waals surface area contributed by atoms with E-state index in [0.29, 0.717) is 6.54 Å². The van der Waals surface area contributed by atoms with E-state index < -0.39 is 0 Å². The lowest BCUT2D eigenvalue weighted by molar-refractivity contribution is -0.132. The molecule has 0 spiro atoms. The van der Waals surface area contributed by atoms with Crippen LogP contribution in [0.1, 0.15) is 24.0 Å². The molecule has 3 aromatic carbocycles. The van der Waals surface area contributed by atoms with E-state index in [1.165, 1.54) is 11.3 Å². The number of hydrogen-bond acceptors (Lipinski definition) is 3. The lowest BCUT2D eigenvalue weighted by Gasteiger charge is -2.25. The molecule has 1 heterocycles. The molecular weight excluding hydrogens is 348 g/mol. The molecule has 4 nitrogen and oxygen atoms in total. The Morgan fingerprint density at radius 2 is 1.75 bits per heavy atom. The van der Waals surface area contributed by atoms with Gasteiger partial charge < -0.3 is 14.5 Å². The van der Waals surface area contributed by atoms with Gasteiger partial charge in [-0.25, -0.2) is 0 Å². The predicted molar refractivity (Wildman–Crippen MR) is 114 cm³/mol. The van der Waals surface area contributed by atoms with Crippen LogP contribution in [-0.2, 0) is 11.3 Å². The van der Waals surface area contributed by atoms with Crippen molar-refractivity contribution in [3.05, 3.63) is 71.8 Å². The normalized spacial score (nSPS) is 15.1. The Bertz CT molecular complexity index is 1010. The van der Waals surface area contributed by atoms with Crippen molar-refractivity contribution in [2.75, 3.05) is 32.1 Å². The number of anilines is 1. The lowest BCUT2D eigenvalue weighted by Crippen LogP contribution is -2.36. The van der Waals surface area contributed by atoms with E-state index in [9.17, 15) is 4.79 Å². The summed E-state index contributed by atoms with van der Waals surface area (Å²) in [7, 11) is 3.76. The van der Waals surface area contributed by atoms with Crippen LogP contribution in [0.15, 0.2) is 60.7 Å².